The lowest BCUT2D eigenvalue weighted by molar-refractivity contribution is -0.137. The Labute approximate surface area is 117 Å². The molecule has 2 amide bonds. The van der Waals surface area contributed by atoms with Gasteiger partial charge in [0.05, 0.1) is 6.42 Å². The van der Waals surface area contributed by atoms with E-state index in [9.17, 15) is 14.0 Å². The minimum absolute atomic E-state index is 0.104. The molecule has 0 bridgehead atoms. The van der Waals surface area contributed by atoms with Crippen LogP contribution in [0.15, 0.2) is 24.3 Å². The van der Waals surface area contributed by atoms with Crippen molar-refractivity contribution in [2.24, 2.45) is 0 Å². The molecule has 1 aromatic rings. The first-order valence-corrected chi connectivity index (χ1v) is 6.41. The molecule has 110 valence electrons. The summed E-state index contributed by atoms with van der Waals surface area (Å²) in [4.78, 5) is 25.5. The zero-order valence-electron chi connectivity index (χ0n) is 11.7. The first-order valence-electron chi connectivity index (χ1n) is 6.41. The summed E-state index contributed by atoms with van der Waals surface area (Å²) in [6.45, 7) is 2.48. The lowest BCUT2D eigenvalue weighted by Gasteiger charge is -2.27. The number of hydrogen-bond donors (Lipinski definition) is 1. The van der Waals surface area contributed by atoms with Crippen LogP contribution in [-0.4, -0.2) is 47.0 Å². The number of hydrogen-bond acceptors (Lipinski definition) is 2. The number of benzene rings is 1. The molecule has 6 heteroatoms. The van der Waals surface area contributed by atoms with Crippen molar-refractivity contribution in [1.82, 2.24) is 9.80 Å². The zero-order valence-corrected chi connectivity index (χ0v) is 11.7. The van der Waals surface area contributed by atoms with Crippen LogP contribution < -0.4 is 0 Å². The SMILES string of the molecule is CCN(CCC(=O)O)C(=O)N(C)Cc1ccccc1F. The highest BCUT2D eigenvalue weighted by atomic mass is 19.1. The number of carboxylic acid groups (broad SMARTS) is 1. The third-order valence-corrected chi connectivity index (χ3v) is 2.94. The highest BCUT2D eigenvalue weighted by Gasteiger charge is 2.18. The first-order chi connectivity index (χ1) is 9.45. The van der Waals surface area contributed by atoms with Crippen molar-refractivity contribution in [2.75, 3.05) is 20.1 Å². The van der Waals surface area contributed by atoms with Gasteiger partial charge >= 0.3 is 12.0 Å². The molecule has 0 aliphatic rings. The van der Waals surface area contributed by atoms with Crippen LogP contribution in [0.25, 0.3) is 0 Å². The van der Waals surface area contributed by atoms with Gasteiger partial charge in [0, 0.05) is 32.2 Å². The summed E-state index contributed by atoms with van der Waals surface area (Å²) in [6.07, 6.45) is -0.104. The van der Waals surface area contributed by atoms with E-state index in [4.69, 9.17) is 5.11 Å². The van der Waals surface area contributed by atoms with Crippen molar-refractivity contribution in [3.8, 4) is 0 Å². The molecule has 0 fully saturated rings. The van der Waals surface area contributed by atoms with Crippen molar-refractivity contribution < 1.29 is 19.1 Å². The molecule has 1 rings (SSSR count). The maximum Gasteiger partial charge on any atom is 0.320 e. The number of aliphatic carboxylic acids is 1. The van der Waals surface area contributed by atoms with Gasteiger partial charge < -0.3 is 14.9 Å². The number of carboxylic acids is 1. The Bertz CT molecular complexity index is 479. The number of amides is 2. The Hall–Kier alpha value is -2.11. The smallest absolute Gasteiger partial charge is 0.320 e. The zero-order chi connectivity index (χ0) is 15.1. The fraction of sp³-hybridized carbons (Fsp3) is 0.429. The van der Waals surface area contributed by atoms with Gasteiger partial charge in [-0.3, -0.25) is 4.79 Å². The average molecular weight is 282 g/mol. The Balaban J connectivity index is 2.65. The van der Waals surface area contributed by atoms with E-state index in [0.717, 1.165) is 0 Å². The molecule has 0 aromatic heterocycles. The van der Waals surface area contributed by atoms with Gasteiger partial charge in [-0.1, -0.05) is 18.2 Å². The third-order valence-electron chi connectivity index (χ3n) is 2.94. The van der Waals surface area contributed by atoms with Crippen LogP contribution in [0.4, 0.5) is 9.18 Å². The second kappa shape index (κ2) is 7.47. The first kappa shape index (κ1) is 15.9. The van der Waals surface area contributed by atoms with E-state index in [1.807, 2.05) is 0 Å². The highest BCUT2D eigenvalue weighted by molar-refractivity contribution is 5.75. The fourth-order valence-electron chi connectivity index (χ4n) is 1.81. The predicted octanol–water partition coefficient (Wildman–Crippen LogP) is 2.17. The summed E-state index contributed by atoms with van der Waals surface area (Å²) < 4.78 is 13.5. The maximum atomic E-state index is 13.5. The third kappa shape index (κ3) is 4.53. The second-order valence-electron chi connectivity index (χ2n) is 4.45. The van der Waals surface area contributed by atoms with Crippen LogP contribution in [0.5, 0.6) is 0 Å². The van der Waals surface area contributed by atoms with E-state index < -0.39 is 5.97 Å². The molecule has 0 aliphatic heterocycles. The van der Waals surface area contributed by atoms with Gasteiger partial charge in [-0.05, 0) is 13.0 Å². The van der Waals surface area contributed by atoms with E-state index in [-0.39, 0.29) is 31.4 Å². The van der Waals surface area contributed by atoms with E-state index >= 15 is 0 Å². The van der Waals surface area contributed by atoms with Crippen molar-refractivity contribution in [2.45, 2.75) is 19.9 Å². The van der Waals surface area contributed by atoms with E-state index in [1.54, 1.807) is 32.2 Å². The molecule has 0 spiro atoms. The number of rotatable bonds is 6. The summed E-state index contributed by atoms with van der Waals surface area (Å²) in [5, 5.41) is 8.65. The fourth-order valence-corrected chi connectivity index (χ4v) is 1.81. The van der Waals surface area contributed by atoms with Crippen LogP contribution in [0.3, 0.4) is 0 Å². The van der Waals surface area contributed by atoms with Crippen LogP contribution in [-0.2, 0) is 11.3 Å². The number of urea groups is 1. The summed E-state index contributed by atoms with van der Waals surface area (Å²) in [7, 11) is 1.57. The number of halogens is 1. The minimum atomic E-state index is -0.951. The molecule has 0 radical (unpaired) electrons. The van der Waals surface area contributed by atoms with Crippen molar-refractivity contribution >= 4 is 12.0 Å². The van der Waals surface area contributed by atoms with Crippen molar-refractivity contribution in [3.63, 3.8) is 0 Å². The highest BCUT2D eigenvalue weighted by Crippen LogP contribution is 2.10. The van der Waals surface area contributed by atoms with Crippen molar-refractivity contribution in [3.05, 3.63) is 35.6 Å². The Morgan fingerprint density at radius 2 is 1.95 bits per heavy atom. The molecular formula is C14H19FN2O3. The molecule has 20 heavy (non-hydrogen) atoms. The van der Waals surface area contributed by atoms with Gasteiger partial charge in [0.25, 0.3) is 0 Å². The lowest BCUT2D eigenvalue weighted by atomic mass is 10.2. The van der Waals surface area contributed by atoms with Gasteiger partial charge in [-0.15, -0.1) is 0 Å². The average Bonchev–Trinajstić information content (AvgIpc) is 2.41. The molecule has 0 saturated carbocycles. The molecule has 1 aromatic carbocycles. The van der Waals surface area contributed by atoms with E-state index in [1.165, 1.54) is 15.9 Å². The van der Waals surface area contributed by atoms with Crippen LogP contribution in [0, 0.1) is 5.82 Å². The molecule has 0 heterocycles. The van der Waals surface area contributed by atoms with Gasteiger partial charge in [-0.2, -0.15) is 0 Å². The van der Waals surface area contributed by atoms with Crippen molar-refractivity contribution in [1.29, 1.82) is 0 Å². The summed E-state index contributed by atoms with van der Waals surface area (Å²) in [5.74, 6) is -1.31. The molecule has 0 atom stereocenters. The minimum Gasteiger partial charge on any atom is -0.481 e. The standard InChI is InChI=1S/C14H19FN2O3/c1-3-17(9-8-13(18)19)14(20)16(2)10-11-6-4-5-7-12(11)15/h4-7H,3,8-10H2,1-2H3,(H,18,19). The Morgan fingerprint density at radius 1 is 1.30 bits per heavy atom. The molecule has 0 saturated heterocycles. The predicted molar refractivity (Wildman–Crippen MR) is 72.8 cm³/mol. The van der Waals surface area contributed by atoms with Gasteiger partial charge in [0.15, 0.2) is 0 Å². The summed E-state index contributed by atoms with van der Waals surface area (Å²) in [5.41, 5.74) is 0.428. The Morgan fingerprint density at radius 3 is 2.50 bits per heavy atom. The van der Waals surface area contributed by atoms with E-state index in [2.05, 4.69) is 0 Å². The van der Waals surface area contributed by atoms with Crippen LogP contribution >= 0.6 is 0 Å². The summed E-state index contributed by atoms with van der Waals surface area (Å²) in [6, 6.07) is 5.95. The van der Waals surface area contributed by atoms with Crippen LogP contribution in [0.2, 0.25) is 0 Å². The maximum absolute atomic E-state index is 13.5. The van der Waals surface area contributed by atoms with Gasteiger partial charge in [0.2, 0.25) is 0 Å². The number of carbonyl (C=O) groups is 2. The molecular weight excluding hydrogens is 263 g/mol. The molecule has 0 unspecified atom stereocenters. The van der Waals surface area contributed by atoms with E-state index in [0.29, 0.717) is 12.1 Å². The quantitative estimate of drug-likeness (QED) is 0.870. The topological polar surface area (TPSA) is 60.9 Å². The monoisotopic (exact) mass is 282 g/mol. The van der Waals surface area contributed by atoms with Gasteiger partial charge in [0.1, 0.15) is 5.82 Å². The molecule has 0 aliphatic carbocycles. The Kier molecular flexibility index (Phi) is 5.96. The molecule has 5 nitrogen and oxygen atoms in total. The molecule has 1 N–H and O–H groups in total. The van der Waals surface area contributed by atoms with Gasteiger partial charge in [-0.25, -0.2) is 9.18 Å². The largest absolute Gasteiger partial charge is 0.481 e. The number of carbonyl (C=O) groups excluding carboxylic acids is 1. The lowest BCUT2D eigenvalue weighted by Crippen LogP contribution is -2.41. The summed E-state index contributed by atoms with van der Waals surface area (Å²) >= 11 is 0. The second-order valence-corrected chi connectivity index (χ2v) is 4.45. The van der Waals surface area contributed by atoms with Crippen LogP contribution in [0.1, 0.15) is 18.9 Å². The normalized spacial score (nSPS) is 10.2. The number of nitrogens with zero attached hydrogens (tertiary/aromatic N) is 2.